The first-order valence-corrected chi connectivity index (χ1v) is 17.8. The number of benzene rings is 2. The van der Waals surface area contributed by atoms with Crippen LogP contribution >= 0.6 is 0 Å². The molecule has 2 fully saturated rings. The van der Waals surface area contributed by atoms with Crippen LogP contribution in [0.2, 0.25) is 17.1 Å². The van der Waals surface area contributed by atoms with E-state index >= 15 is 0 Å². The predicted octanol–water partition coefficient (Wildman–Crippen LogP) is 6.54. The zero-order valence-electron chi connectivity index (χ0n) is 26.0. The average molecular weight is 590 g/mol. The second kappa shape index (κ2) is 14.5. The van der Waals surface area contributed by atoms with E-state index in [1.165, 1.54) is 6.42 Å². The molecule has 2 aliphatic heterocycles. The molecule has 5 atom stereocenters. The van der Waals surface area contributed by atoms with Crippen LogP contribution in [-0.4, -0.2) is 51.7 Å². The highest BCUT2D eigenvalue weighted by molar-refractivity contribution is 6.76. The summed E-state index contributed by atoms with van der Waals surface area (Å²) in [6, 6.07) is 18.3. The minimum absolute atomic E-state index is 0.00380. The number of hydrogen-bond donors (Lipinski definition) is 1. The maximum atomic E-state index is 13.0. The highest BCUT2D eigenvalue weighted by Gasteiger charge is 2.57. The number of hydrogen-bond acceptors (Lipinski definition) is 5. The Morgan fingerprint density at radius 2 is 1.79 bits per heavy atom. The molecule has 6 nitrogen and oxygen atoms in total. The van der Waals surface area contributed by atoms with Gasteiger partial charge in [0.1, 0.15) is 6.10 Å². The number of carbonyl (C=O) groups excluding carboxylic acids is 2. The van der Waals surface area contributed by atoms with Gasteiger partial charge in [-0.3, -0.25) is 9.59 Å². The fourth-order valence-corrected chi connectivity index (χ4v) is 11.4. The van der Waals surface area contributed by atoms with Crippen LogP contribution in [0, 0.1) is 23.7 Å². The van der Waals surface area contributed by atoms with Crippen molar-refractivity contribution >= 4 is 20.2 Å². The molecule has 1 N–H and O–H groups in total. The number of esters is 1. The third kappa shape index (κ3) is 7.34. The van der Waals surface area contributed by atoms with Gasteiger partial charge in [-0.1, -0.05) is 89.6 Å². The Balaban J connectivity index is 1.42. The van der Waals surface area contributed by atoms with Gasteiger partial charge >= 0.3 is 5.97 Å². The van der Waals surface area contributed by atoms with Crippen LogP contribution in [0.3, 0.4) is 0 Å². The van der Waals surface area contributed by atoms with Gasteiger partial charge in [-0.15, -0.1) is 0 Å². The van der Waals surface area contributed by atoms with Crippen LogP contribution in [0.4, 0.5) is 0 Å². The van der Waals surface area contributed by atoms with E-state index in [9.17, 15) is 9.59 Å². The largest absolute Gasteiger partial charge is 0.462 e. The van der Waals surface area contributed by atoms with Crippen LogP contribution in [0.1, 0.15) is 75.9 Å². The number of rotatable bonds is 12. The van der Waals surface area contributed by atoms with E-state index in [2.05, 4.69) is 57.8 Å². The van der Waals surface area contributed by atoms with Crippen molar-refractivity contribution in [2.24, 2.45) is 11.8 Å². The Labute approximate surface area is 253 Å². The molecule has 0 radical (unpaired) electrons. The molecule has 0 bridgehead atoms. The van der Waals surface area contributed by atoms with Gasteiger partial charge in [0, 0.05) is 17.0 Å². The number of nitrogens with one attached hydrogen (secondary N) is 1. The van der Waals surface area contributed by atoms with E-state index in [4.69, 9.17) is 13.9 Å². The van der Waals surface area contributed by atoms with Gasteiger partial charge in [0.15, 0.2) is 8.32 Å². The van der Waals surface area contributed by atoms with Gasteiger partial charge in [0.05, 0.1) is 31.3 Å². The molecule has 1 amide bonds. The van der Waals surface area contributed by atoms with Gasteiger partial charge in [-0.05, 0) is 60.3 Å². The summed E-state index contributed by atoms with van der Waals surface area (Å²) in [7, 11) is -2.02. The molecular weight excluding hydrogens is 542 g/mol. The smallest absolute Gasteiger partial charge is 0.312 e. The predicted molar refractivity (Wildman–Crippen MR) is 169 cm³/mol. The molecule has 42 heavy (non-hydrogen) atoms. The van der Waals surface area contributed by atoms with E-state index in [1.807, 2.05) is 43.3 Å². The molecule has 2 saturated heterocycles. The van der Waals surface area contributed by atoms with E-state index in [0.717, 1.165) is 23.6 Å². The summed E-state index contributed by atoms with van der Waals surface area (Å²) in [6.07, 6.45) is 2.33. The molecule has 0 aliphatic carbocycles. The lowest BCUT2D eigenvalue weighted by molar-refractivity contribution is -0.148. The molecule has 226 valence electrons. The van der Waals surface area contributed by atoms with Crippen molar-refractivity contribution in [1.29, 1.82) is 0 Å². The number of unbranched alkanes of at least 4 members (excludes halogenated alkanes) is 1. The zero-order valence-corrected chi connectivity index (χ0v) is 27.0. The van der Waals surface area contributed by atoms with Crippen molar-refractivity contribution in [2.75, 3.05) is 13.2 Å². The minimum Gasteiger partial charge on any atom is -0.462 e. The molecule has 0 saturated carbocycles. The molecule has 2 aliphatic rings. The summed E-state index contributed by atoms with van der Waals surface area (Å²) < 4.78 is 19.3. The monoisotopic (exact) mass is 589 g/mol. The Morgan fingerprint density at radius 1 is 1.05 bits per heavy atom. The average Bonchev–Trinajstić information content (AvgIpc) is 3.48. The second-order valence-electron chi connectivity index (χ2n) is 12.4. The fraction of sp³-hybridized carbons (Fsp3) is 0.543. The first-order valence-electron chi connectivity index (χ1n) is 15.6. The minimum atomic E-state index is -2.02. The molecule has 0 spiro atoms. The summed E-state index contributed by atoms with van der Waals surface area (Å²) in [4.78, 5) is 25.2. The maximum absolute atomic E-state index is 13.0. The third-order valence-corrected chi connectivity index (χ3v) is 14.8. The molecule has 4 rings (SSSR count). The number of carbonyl (C=O) groups is 2. The zero-order chi connectivity index (χ0) is 30.3. The number of amides is 1. The van der Waals surface area contributed by atoms with Crippen molar-refractivity contribution in [3.8, 4) is 11.8 Å². The first kappa shape index (κ1) is 32.0. The third-order valence-electron chi connectivity index (χ3n) is 9.07. The van der Waals surface area contributed by atoms with Crippen molar-refractivity contribution < 1.29 is 23.5 Å². The summed E-state index contributed by atoms with van der Waals surface area (Å²) in [5, 5.41) is 2.84. The van der Waals surface area contributed by atoms with Crippen LogP contribution in [-0.2, 0) is 25.1 Å². The quantitative estimate of drug-likeness (QED) is 0.173. The molecule has 2 heterocycles. The molecule has 0 aromatic heterocycles. The maximum Gasteiger partial charge on any atom is 0.312 e. The Kier molecular flexibility index (Phi) is 11.0. The van der Waals surface area contributed by atoms with Gasteiger partial charge < -0.3 is 19.2 Å². The normalized spacial score (nSPS) is 23.4. The number of fused-ring (bicyclic) bond motifs is 1. The number of cyclic esters (lactones) is 1. The van der Waals surface area contributed by atoms with Crippen molar-refractivity contribution in [1.82, 2.24) is 5.32 Å². The molecule has 7 heteroatoms. The van der Waals surface area contributed by atoms with E-state index in [1.54, 1.807) is 12.1 Å². The van der Waals surface area contributed by atoms with E-state index in [0.29, 0.717) is 29.7 Å². The number of ether oxygens (including phenoxy) is 2. The van der Waals surface area contributed by atoms with E-state index in [-0.39, 0.29) is 48.6 Å². The van der Waals surface area contributed by atoms with Gasteiger partial charge in [-0.25, -0.2) is 0 Å². The van der Waals surface area contributed by atoms with Gasteiger partial charge in [0.25, 0.3) is 5.91 Å². The van der Waals surface area contributed by atoms with Crippen LogP contribution in [0.25, 0.3) is 0 Å². The lowest BCUT2D eigenvalue weighted by atomic mass is 9.84. The molecular formula is C35H47NO5Si. The lowest BCUT2D eigenvalue weighted by Crippen LogP contribution is -2.47. The van der Waals surface area contributed by atoms with Crippen molar-refractivity contribution in [3.05, 3.63) is 71.3 Å². The Morgan fingerprint density at radius 3 is 2.48 bits per heavy atom. The van der Waals surface area contributed by atoms with Crippen molar-refractivity contribution in [3.63, 3.8) is 0 Å². The fourth-order valence-electron chi connectivity index (χ4n) is 6.76. The van der Waals surface area contributed by atoms with Crippen LogP contribution in [0.5, 0.6) is 0 Å². The second-order valence-corrected chi connectivity index (χ2v) is 17.4. The summed E-state index contributed by atoms with van der Waals surface area (Å²) >= 11 is 0. The molecule has 2 aromatic rings. The highest BCUT2D eigenvalue weighted by atomic mass is 28.4. The van der Waals surface area contributed by atoms with Crippen LogP contribution in [0.15, 0.2) is 54.6 Å². The Bertz CT molecular complexity index is 1260. The first-order chi connectivity index (χ1) is 20.2. The van der Waals surface area contributed by atoms with E-state index < -0.39 is 8.32 Å². The summed E-state index contributed by atoms with van der Waals surface area (Å²) in [6.45, 7) is 14.2. The topological polar surface area (TPSA) is 73.9 Å². The SMILES string of the molecule is CCCC[Si](OC[C@H]1OC(Cc2cccc(C#CCNC(=O)c3ccccc3)c2)[C@H]2C(=O)O[C@H](C)[C@H]21)(C(C)C)C(C)C. The molecule has 2 aromatic carbocycles. The van der Waals surface area contributed by atoms with Crippen molar-refractivity contribution in [2.45, 2.75) is 96.2 Å². The summed E-state index contributed by atoms with van der Waals surface area (Å²) in [5.74, 6) is 5.60. The van der Waals surface area contributed by atoms with Gasteiger partial charge in [0.2, 0.25) is 0 Å². The van der Waals surface area contributed by atoms with Gasteiger partial charge in [-0.2, -0.15) is 0 Å². The molecule has 1 unspecified atom stereocenters. The standard InChI is InChI=1S/C35H47NO5Si/c1-7-8-20-42(24(2)3,25(4)5)39-23-31-32-26(6)40-35(38)33(32)30(41-31)22-28-15-12-14-27(21-28)16-13-19-36-34(37)29-17-10-9-11-18-29/h9-12,14-15,17-18,21,24-26,30-33H,7-8,19-20,22-23H2,1-6H3,(H,36,37)/t26-,30?,31-,32+,33-/m1/s1. The lowest BCUT2D eigenvalue weighted by Gasteiger charge is -2.40. The summed E-state index contributed by atoms with van der Waals surface area (Å²) in [5.41, 5.74) is 3.54. The van der Waals surface area contributed by atoms with Crippen LogP contribution < -0.4 is 5.32 Å². The highest BCUT2D eigenvalue weighted by Crippen LogP contribution is 2.45. The Hall–Kier alpha value is -2.92.